The van der Waals surface area contributed by atoms with E-state index >= 15 is 0 Å². The van der Waals surface area contributed by atoms with Crippen molar-refractivity contribution in [2.24, 2.45) is 5.73 Å². The van der Waals surface area contributed by atoms with Crippen LogP contribution in [0.4, 0.5) is 0 Å². The molecule has 0 aliphatic carbocycles. The summed E-state index contributed by atoms with van der Waals surface area (Å²) in [5.74, 6) is 0.887. The average Bonchev–Trinajstić information content (AvgIpc) is 2.46. The summed E-state index contributed by atoms with van der Waals surface area (Å²) in [7, 11) is 0. The minimum Gasteiger partial charge on any atom is -0.490 e. The molecule has 0 heterocycles. The first-order chi connectivity index (χ1) is 9.74. The van der Waals surface area contributed by atoms with E-state index < -0.39 is 0 Å². The monoisotopic (exact) mass is 273 g/mol. The van der Waals surface area contributed by atoms with Crippen LogP contribution in [0.15, 0.2) is 36.4 Å². The molecule has 0 bridgehead atoms. The summed E-state index contributed by atoms with van der Waals surface area (Å²) in [6.07, 6.45) is 1.03. The summed E-state index contributed by atoms with van der Waals surface area (Å²) in [5, 5.41) is 2.28. The minimum absolute atomic E-state index is 0.0498. The molecule has 0 aliphatic rings. The van der Waals surface area contributed by atoms with Gasteiger partial charge in [0, 0.05) is 23.6 Å². The average molecular weight is 273 g/mol. The maximum absolute atomic E-state index is 6.05. The Bertz CT molecular complexity index is 552. The van der Waals surface area contributed by atoms with Crippen molar-refractivity contribution in [1.82, 2.24) is 0 Å². The number of nitrogens with two attached hydrogens (primary N) is 1. The van der Waals surface area contributed by atoms with Crippen LogP contribution >= 0.6 is 0 Å². The van der Waals surface area contributed by atoms with E-state index in [2.05, 4.69) is 31.2 Å². The molecule has 0 spiro atoms. The molecule has 3 heteroatoms. The second kappa shape index (κ2) is 7.27. The van der Waals surface area contributed by atoms with Gasteiger partial charge in [-0.25, -0.2) is 0 Å². The fraction of sp³-hybridized carbons (Fsp3) is 0.412. The van der Waals surface area contributed by atoms with Gasteiger partial charge in [-0.15, -0.1) is 0 Å². The maximum atomic E-state index is 6.05. The van der Waals surface area contributed by atoms with Crippen molar-refractivity contribution < 1.29 is 9.47 Å². The molecule has 0 saturated heterocycles. The lowest BCUT2D eigenvalue weighted by Gasteiger charge is -2.16. The predicted octanol–water partition coefficient (Wildman–Crippen LogP) is 3.66. The Morgan fingerprint density at radius 3 is 2.60 bits per heavy atom. The van der Waals surface area contributed by atoms with Crippen molar-refractivity contribution in [1.29, 1.82) is 0 Å². The smallest absolute Gasteiger partial charge is 0.131 e. The zero-order valence-corrected chi connectivity index (χ0v) is 12.3. The highest BCUT2D eigenvalue weighted by Crippen LogP contribution is 2.32. The normalized spacial score (nSPS) is 12.6. The van der Waals surface area contributed by atoms with Gasteiger partial charge in [0.15, 0.2) is 0 Å². The maximum Gasteiger partial charge on any atom is 0.131 e. The van der Waals surface area contributed by atoms with E-state index in [1.165, 1.54) is 5.39 Å². The summed E-state index contributed by atoms with van der Waals surface area (Å²) in [4.78, 5) is 0. The third-order valence-electron chi connectivity index (χ3n) is 3.22. The molecular formula is C17H23NO2. The first kappa shape index (κ1) is 14.8. The molecule has 0 aliphatic heterocycles. The first-order valence-corrected chi connectivity index (χ1v) is 7.21. The predicted molar refractivity (Wildman–Crippen MR) is 83.2 cm³/mol. The van der Waals surface area contributed by atoms with Crippen molar-refractivity contribution >= 4 is 10.8 Å². The summed E-state index contributed by atoms with van der Waals surface area (Å²) >= 11 is 0. The van der Waals surface area contributed by atoms with E-state index in [1.807, 2.05) is 19.1 Å². The zero-order chi connectivity index (χ0) is 14.4. The van der Waals surface area contributed by atoms with Crippen LogP contribution < -0.4 is 10.5 Å². The van der Waals surface area contributed by atoms with Gasteiger partial charge in [0.25, 0.3) is 0 Å². The summed E-state index contributed by atoms with van der Waals surface area (Å²) in [6, 6.07) is 12.3. The fourth-order valence-corrected chi connectivity index (χ4v) is 2.23. The van der Waals surface area contributed by atoms with Gasteiger partial charge < -0.3 is 15.2 Å². The molecule has 20 heavy (non-hydrogen) atoms. The Hall–Kier alpha value is -1.58. The van der Waals surface area contributed by atoms with Gasteiger partial charge in [0.2, 0.25) is 0 Å². The number of benzene rings is 2. The highest BCUT2D eigenvalue weighted by atomic mass is 16.5. The Labute approximate surface area is 120 Å². The molecule has 0 radical (unpaired) electrons. The fourth-order valence-electron chi connectivity index (χ4n) is 2.23. The van der Waals surface area contributed by atoms with Gasteiger partial charge in [0.1, 0.15) is 12.4 Å². The van der Waals surface area contributed by atoms with Gasteiger partial charge in [-0.1, -0.05) is 43.3 Å². The van der Waals surface area contributed by atoms with E-state index in [9.17, 15) is 0 Å². The van der Waals surface area contributed by atoms with Crippen LogP contribution in [0.1, 0.15) is 31.9 Å². The lowest BCUT2D eigenvalue weighted by Crippen LogP contribution is -2.12. The Morgan fingerprint density at radius 1 is 1.05 bits per heavy atom. The van der Waals surface area contributed by atoms with E-state index in [4.69, 9.17) is 15.2 Å². The molecule has 2 aromatic carbocycles. The quantitative estimate of drug-likeness (QED) is 0.783. The van der Waals surface area contributed by atoms with E-state index in [0.717, 1.165) is 29.7 Å². The Morgan fingerprint density at radius 2 is 1.85 bits per heavy atom. The number of rotatable bonds is 7. The van der Waals surface area contributed by atoms with Gasteiger partial charge in [0.05, 0.1) is 6.61 Å². The standard InChI is InChI=1S/C17H23NO2/c1-3-10-19-11-12-20-17-15(13(2)18)9-8-14-6-4-5-7-16(14)17/h4-9,13H,3,10-12,18H2,1-2H3/t13-/m0/s1. The number of ether oxygens (including phenoxy) is 2. The third kappa shape index (κ3) is 3.50. The van der Waals surface area contributed by atoms with Crippen LogP contribution in [-0.4, -0.2) is 19.8 Å². The van der Waals surface area contributed by atoms with Gasteiger partial charge in [-0.05, 0) is 18.7 Å². The summed E-state index contributed by atoms with van der Waals surface area (Å²) in [5.41, 5.74) is 7.09. The number of hydrogen-bond acceptors (Lipinski definition) is 3. The molecule has 2 N–H and O–H groups in total. The summed E-state index contributed by atoms with van der Waals surface area (Å²) < 4.78 is 11.4. The molecule has 2 rings (SSSR count). The van der Waals surface area contributed by atoms with Crippen molar-refractivity contribution in [3.05, 3.63) is 42.0 Å². The molecule has 3 nitrogen and oxygen atoms in total. The van der Waals surface area contributed by atoms with Crippen LogP contribution in [-0.2, 0) is 4.74 Å². The number of hydrogen-bond donors (Lipinski definition) is 1. The Balaban J connectivity index is 2.21. The lowest BCUT2D eigenvalue weighted by atomic mass is 10.0. The van der Waals surface area contributed by atoms with Crippen LogP contribution in [0.2, 0.25) is 0 Å². The Kier molecular flexibility index (Phi) is 5.39. The highest BCUT2D eigenvalue weighted by Gasteiger charge is 2.12. The van der Waals surface area contributed by atoms with Gasteiger partial charge >= 0.3 is 0 Å². The zero-order valence-electron chi connectivity index (χ0n) is 12.3. The van der Waals surface area contributed by atoms with Crippen molar-refractivity contribution in [2.75, 3.05) is 19.8 Å². The molecule has 2 aromatic rings. The van der Waals surface area contributed by atoms with Crippen molar-refractivity contribution in [2.45, 2.75) is 26.3 Å². The largest absolute Gasteiger partial charge is 0.490 e. The van der Waals surface area contributed by atoms with Crippen LogP contribution in [0.25, 0.3) is 10.8 Å². The van der Waals surface area contributed by atoms with E-state index in [0.29, 0.717) is 13.2 Å². The third-order valence-corrected chi connectivity index (χ3v) is 3.22. The molecule has 1 atom stereocenters. The van der Waals surface area contributed by atoms with Crippen molar-refractivity contribution in [3.63, 3.8) is 0 Å². The van der Waals surface area contributed by atoms with Crippen LogP contribution in [0, 0.1) is 0 Å². The molecule has 0 fully saturated rings. The van der Waals surface area contributed by atoms with Crippen LogP contribution in [0.3, 0.4) is 0 Å². The van der Waals surface area contributed by atoms with E-state index in [-0.39, 0.29) is 6.04 Å². The molecule has 0 aromatic heterocycles. The minimum atomic E-state index is -0.0498. The van der Waals surface area contributed by atoms with Crippen LogP contribution in [0.5, 0.6) is 5.75 Å². The molecular weight excluding hydrogens is 250 g/mol. The van der Waals surface area contributed by atoms with Crippen molar-refractivity contribution in [3.8, 4) is 5.75 Å². The topological polar surface area (TPSA) is 44.5 Å². The molecule has 0 saturated carbocycles. The number of fused-ring (bicyclic) bond motifs is 1. The van der Waals surface area contributed by atoms with Gasteiger partial charge in [-0.3, -0.25) is 0 Å². The lowest BCUT2D eigenvalue weighted by molar-refractivity contribution is 0.101. The highest BCUT2D eigenvalue weighted by molar-refractivity contribution is 5.89. The second-order valence-corrected chi connectivity index (χ2v) is 4.95. The second-order valence-electron chi connectivity index (χ2n) is 4.95. The SMILES string of the molecule is CCCOCCOc1c([C@H](C)N)ccc2ccccc12. The van der Waals surface area contributed by atoms with Gasteiger partial charge in [-0.2, -0.15) is 0 Å². The van der Waals surface area contributed by atoms with E-state index in [1.54, 1.807) is 0 Å². The first-order valence-electron chi connectivity index (χ1n) is 7.21. The molecule has 108 valence electrons. The summed E-state index contributed by atoms with van der Waals surface area (Å²) in [6.45, 7) is 6.01. The molecule has 0 amide bonds. The molecule has 0 unspecified atom stereocenters.